The summed E-state index contributed by atoms with van der Waals surface area (Å²) in [6, 6.07) is 0.482. The molecule has 0 saturated heterocycles. The number of aliphatic imine (C=N–C) groups is 1. The van der Waals surface area contributed by atoms with Crippen LogP contribution < -0.4 is 10.6 Å². The first-order valence-corrected chi connectivity index (χ1v) is 10.5. The van der Waals surface area contributed by atoms with Crippen LogP contribution >= 0.6 is 11.8 Å². The van der Waals surface area contributed by atoms with Crippen LogP contribution in [-0.2, 0) is 13.0 Å². The third-order valence-corrected chi connectivity index (χ3v) is 4.71. The minimum atomic E-state index is 0.482. The van der Waals surface area contributed by atoms with Gasteiger partial charge in [0.25, 0.3) is 0 Å². The molecule has 0 aliphatic heterocycles. The summed E-state index contributed by atoms with van der Waals surface area (Å²) in [5, 5.41) is 16.5. The number of thioether (sulfide) groups is 1. The minimum absolute atomic E-state index is 0.482. The van der Waals surface area contributed by atoms with Gasteiger partial charge >= 0.3 is 0 Å². The van der Waals surface area contributed by atoms with E-state index in [1.807, 2.05) is 0 Å². The quantitative estimate of drug-likeness (QED) is 0.232. The molecule has 0 fully saturated rings. The van der Waals surface area contributed by atoms with E-state index in [0.717, 1.165) is 62.3 Å². The first-order valence-electron chi connectivity index (χ1n) is 9.30. The topological polar surface area (TPSA) is 67.1 Å². The Morgan fingerprint density at radius 1 is 1.36 bits per heavy atom. The fraction of sp³-hybridized carbons (Fsp3) is 0.722. The van der Waals surface area contributed by atoms with E-state index in [4.69, 9.17) is 4.99 Å². The van der Waals surface area contributed by atoms with E-state index in [0.29, 0.717) is 12.0 Å². The SMILES string of the molecule is CCNC(=NCCCc1nnc(SC)n1CC(C)C)NC1CC=CC1. The Hall–Kier alpha value is -1.50. The van der Waals surface area contributed by atoms with Crippen molar-refractivity contribution in [2.24, 2.45) is 10.9 Å². The van der Waals surface area contributed by atoms with Crippen LogP contribution in [0.1, 0.15) is 45.9 Å². The predicted octanol–water partition coefficient (Wildman–Crippen LogP) is 2.86. The van der Waals surface area contributed by atoms with Crippen molar-refractivity contribution < 1.29 is 0 Å². The van der Waals surface area contributed by atoms with Gasteiger partial charge in [0.05, 0.1) is 0 Å². The molecule has 0 atom stereocenters. The van der Waals surface area contributed by atoms with E-state index < -0.39 is 0 Å². The van der Waals surface area contributed by atoms with Crippen LogP contribution in [0.3, 0.4) is 0 Å². The Morgan fingerprint density at radius 2 is 2.12 bits per heavy atom. The molecule has 0 aromatic carbocycles. The molecule has 2 rings (SSSR count). The number of guanidine groups is 1. The normalized spacial score (nSPS) is 15.3. The Balaban J connectivity index is 1.86. The van der Waals surface area contributed by atoms with Crippen molar-refractivity contribution in [1.29, 1.82) is 0 Å². The van der Waals surface area contributed by atoms with E-state index in [-0.39, 0.29) is 0 Å². The van der Waals surface area contributed by atoms with Gasteiger partial charge in [-0.3, -0.25) is 4.99 Å². The first kappa shape index (κ1) is 19.8. The molecular weight excluding hydrogens is 332 g/mol. The smallest absolute Gasteiger partial charge is 0.191 e. The van der Waals surface area contributed by atoms with Crippen molar-refractivity contribution in [2.75, 3.05) is 19.3 Å². The third-order valence-electron chi connectivity index (χ3n) is 4.05. The molecule has 7 heteroatoms. The van der Waals surface area contributed by atoms with Gasteiger partial charge in [-0.05, 0) is 38.4 Å². The van der Waals surface area contributed by atoms with Gasteiger partial charge in [0.2, 0.25) is 0 Å². The molecule has 1 aliphatic carbocycles. The predicted molar refractivity (Wildman–Crippen MR) is 106 cm³/mol. The Labute approximate surface area is 156 Å². The van der Waals surface area contributed by atoms with Crippen molar-refractivity contribution in [2.45, 2.75) is 64.2 Å². The second-order valence-corrected chi connectivity index (χ2v) is 7.53. The lowest BCUT2D eigenvalue weighted by Gasteiger charge is -2.16. The van der Waals surface area contributed by atoms with Gasteiger partial charge in [-0.25, -0.2) is 0 Å². The highest BCUT2D eigenvalue weighted by atomic mass is 32.2. The summed E-state index contributed by atoms with van der Waals surface area (Å²) in [6.07, 6.45) is 10.6. The number of aryl methyl sites for hydroxylation is 1. The summed E-state index contributed by atoms with van der Waals surface area (Å²) in [5.41, 5.74) is 0. The second kappa shape index (κ2) is 10.5. The summed E-state index contributed by atoms with van der Waals surface area (Å²) in [4.78, 5) is 4.71. The number of aromatic nitrogens is 3. The van der Waals surface area contributed by atoms with Crippen molar-refractivity contribution in [1.82, 2.24) is 25.4 Å². The molecule has 1 aliphatic rings. The third kappa shape index (κ3) is 6.38. The fourth-order valence-electron chi connectivity index (χ4n) is 2.88. The molecule has 2 N–H and O–H groups in total. The molecule has 1 aromatic rings. The zero-order valence-electron chi connectivity index (χ0n) is 16.0. The molecule has 6 nitrogen and oxygen atoms in total. The average molecular weight is 365 g/mol. The molecule has 0 unspecified atom stereocenters. The van der Waals surface area contributed by atoms with Crippen LogP contribution in [0.2, 0.25) is 0 Å². The summed E-state index contributed by atoms with van der Waals surface area (Å²) in [6.45, 7) is 9.20. The monoisotopic (exact) mass is 364 g/mol. The lowest BCUT2D eigenvalue weighted by atomic mass is 10.2. The van der Waals surface area contributed by atoms with Crippen LogP contribution in [0.15, 0.2) is 22.3 Å². The standard InChI is InChI=1S/C18H32N6S/c1-5-19-17(21-15-9-6-7-10-15)20-12-8-11-16-22-23-18(25-4)24(16)13-14(2)3/h6-7,14-15H,5,8-13H2,1-4H3,(H2,19,20,21). The first-order chi connectivity index (χ1) is 12.1. The summed E-state index contributed by atoms with van der Waals surface area (Å²) in [7, 11) is 0. The summed E-state index contributed by atoms with van der Waals surface area (Å²) >= 11 is 1.66. The minimum Gasteiger partial charge on any atom is -0.357 e. The van der Waals surface area contributed by atoms with Gasteiger partial charge in [-0.15, -0.1) is 10.2 Å². The fourth-order valence-corrected chi connectivity index (χ4v) is 3.40. The van der Waals surface area contributed by atoms with Crippen LogP contribution in [-0.4, -0.2) is 46.1 Å². The summed E-state index contributed by atoms with van der Waals surface area (Å²) < 4.78 is 2.26. The zero-order chi connectivity index (χ0) is 18.1. The highest BCUT2D eigenvalue weighted by Gasteiger charge is 2.13. The molecule has 0 amide bonds. The number of hydrogen-bond acceptors (Lipinski definition) is 4. The Kier molecular flexibility index (Phi) is 8.31. The highest BCUT2D eigenvalue weighted by Crippen LogP contribution is 2.16. The van der Waals surface area contributed by atoms with Crippen molar-refractivity contribution in [3.8, 4) is 0 Å². The maximum atomic E-state index is 4.71. The molecule has 1 aromatic heterocycles. The van der Waals surface area contributed by atoms with Gasteiger partial charge in [-0.2, -0.15) is 0 Å². The van der Waals surface area contributed by atoms with Gasteiger partial charge in [-0.1, -0.05) is 37.8 Å². The Bertz CT molecular complexity index is 570. The van der Waals surface area contributed by atoms with Crippen LogP contribution in [0, 0.1) is 5.92 Å². The van der Waals surface area contributed by atoms with Gasteiger partial charge in [0.15, 0.2) is 11.1 Å². The van der Waals surface area contributed by atoms with E-state index in [1.54, 1.807) is 11.8 Å². The molecule has 1 heterocycles. The number of nitrogens with zero attached hydrogens (tertiary/aromatic N) is 4. The number of hydrogen-bond donors (Lipinski definition) is 2. The zero-order valence-corrected chi connectivity index (χ0v) is 16.8. The van der Waals surface area contributed by atoms with Crippen molar-refractivity contribution in [3.05, 3.63) is 18.0 Å². The van der Waals surface area contributed by atoms with Gasteiger partial charge in [0.1, 0.15) is 5.82 Å². The van der Waals surface area contributed by atoms with E-state index in [9.17, 15) is 0 Å². The lowest BCUT2D eigenvalue weighted by Crippen LogP contribution is -2.42. The maximum Gasteiger partial charge on any atom is 0.191 e. The molecular formula is C18H32N6S. The van der Waals surface area contributed by atoms with Crippen molar-refractivity contribution in [3.63, 3.8) is 0 Å². The van der Waals surface area contributed by atoms with E-state index >= 15 is 0 Å². The number of nitrogens with one attached hydrogen (secondary N) is 2. The van der Waals surface area contributed by atoms with Gasteiger partial charge in [0, 0.05) is 32.1 Å². The summed E-state index contributed by atoms with van der Waals surface area (Å²) in [5.74, 6) is 2.58. The molecule has 0 radical (unpaired) electrons. The van der Waals surface area contributed by atoms with E-state index in [2.05, 4.69) is 64.6 Å². The molecule has 0 bridgehead atoms. The molecule has 0 saturated carbocycles. The average Bonchev–Trinajstić information content (AvgIpc) is 3.21. The maximum absolute atomic E-state index is 4.71. The van der Waals surface area contributed by atoms with Gasteiger partial charge < -0.3 is 15.2 Å². The van der Waals surface area contributed by atoms with E-state index in [1.165, 1.54) is 0 Å². The highest BCUT2D eigenvalue weighted by molar-refractivity contribution is 7.98. The largest absolute Gasteiger partial charge is 0.357 e. The Morgan fingerprint density at radius 3 is 2.76 bits per heavy atom. The molecule has 140 valence electrons. The molecule has 0 spiro atoms. The van der Waals surface area contributed by atoms with Crippen LogP contribution in [0.25, 0.3) is 0 Å². The second-order valence-electron chi connectivity index (χ2n) is 6.76. The lowest BCUT2D eigenvalue weighted by molar-refractivity contribution is 0.477. The van der Waals surface area contributed by atoms with Crippen molar-refractivity contribution >= 4 is 17.7 Å². The molecule has 25 heavy (non-hydrogen) atoms. The number of rotatable bonds is 9. The van der Waals surface area contributed by atoms with Crippen LogP contribution in [0.4, 0.5) is 0 Å². The van der Waals surface area contributed by atoms with Crippen LogP contribution in [0.5, 0.6) is 0 Å².